The third kappa shape index (κ3) is 3.80. The minimum Gasteiger partial charge on any atom is -0.388 e. The fourth-order valence-corrected chi connectivity index (χ4v) is 2.78. The standard InChI is InChI=1S/C16H23FN2O2/c1-2-14(18)16(21)19-9-7-12(8-10-19)15(20)11-3-5-13(17)6-4-11/h3-6,12,14-15,20H,2,7-10,18H2,1H3/t14-,15-/m0/s1. The SMILES string of the molecule is CC[C@H](N)C(=O)N1CCC([C@@H](O)c2ccc(F)cc2)CC1. The van der Waals surface area contributed by atoms with Crippen LogP contribution in [0.4, 0.5) is 4.39 Å². The third-order valence-electron chi connectivity index (χ3n) is 4.27. The maximum absolute atomic E-state index is 12.9. The molecule has 0 saturated carbocycles. The molecule has 1 amide bonds. The predicted octanol–water partition coefficient (Wildman–Crippen LogP) is 1.83. The van der Waals surface area contributed by atoms with Crippen molar-refractivity contribution in [3.63, 3.8) is 0 Å². The van der Waals surface area contributed by atoms with Gasteiger partial charge < -0.3 is 15.7 Å². The number of benzene rings is 1. The number of likely N-dealkylation sites (tertiary alicyclic amines) is 1. The van der Waals surface area contributed by atoms with Gasteiger partial charge in [-0.25, -0.2) is 4.39 Å². The van der Waals surface area contributed by atoms with Gasteiger partial charge in [-0.05, 0) is 42.9 Å². The first-order valence-electron chi connectivity index (χ1n) is 7.50. The number of nitrogens with zero attached hydrogens (tertiary/aromatic N) is 1. The molecule has 1 aromatic rings. The Kier molecular flexibility index (Phi) is 5.31. The number of hydrogen-bond donors (Lipinski definition) is 2. The number of piperidine rings is 1. The van der Waals surface area contributed by atoms with E-state index in [1.165, 1.54) is 12.1 Å². The summed E-state index contributed by atoms with van der Waals surface area (Å²) in [5, 5.41) is 10.4. The van der Waals surface area contributed by atoms with Gasteiger partial charge in [0.2, 0.25) is 5.91 Å². The highest BCUT2D eigenvalue weighted by atomic mass is 19.1. The second kappa shape index (κ2) is 7.00. The lowest BCUT2D eigenvalue weighted by molar-refractivity contribution is -0.134. The van der Waals surface area contributed by atoms with Crippen LogP contribution < -0.4 is 5.73 Å². The first kappa shape index (κ1) is 15.9. The van der Waals surface area contributed by atoms with Crippen LogP contribution in [0.3, 0.4) is 0 Å². The lowest BCUT2D eigenvalue weighted by atomic mass is 9.87. The first-order chi connectivity index (χ1) is 10.0. The van der Waals surface area contributed by atoms with Crippen LogP contribution in [0.2, 0.25) is 0 Å². The maximum Gasteiger partial charge on any atom is 0.239 e. The van der Waals surface area contributed by atoms with E-state index in [0.29, 0.717) is 19.5 Å². The van der Waals surface area contributed by atoms with E-state index >= 15 is 0 Å². The monoisotopic (exact) mass is 294 g/mol. The molecule has 0 aromatic heterocycles. The molecule has 21 heavy (non-hydrogen) atoms. The summed E-state index contributed by atoms with van der Waals surface area (Å²) in [5.74, 6) is -0.218. The zero-order valence-electron chi connectivity index (χ0n) is 12.3. The number of hydrogen-bond acceptors (Lipinski definition) is 3. The maximum atomic E-state index is 12.9. The molecular formula is C16H23FN2O2. The topological polar surface area (TPSA) is 66.6 Å². The Morgan fingerprint density at radius 3 is 2.48 bits per heavy atom. The predicted molar refractivity (Wildman–Crippen MR) is 78.9 cm³/mol. The van der Waals surface area contributed by atoms with E-state index in [1.807, 2.05) is 6.92 Å². The van der Waals surface area contributed by atoms with Crippen molar-refractivity contribution in [3.8, 4) is 0 Å². The molecule has 0 spiro atoms. The summed E-state index contributed by atoms with van der Waals surface area (Å²) in [7, 11) is 0. The number of nitrogens with two attached hydrogens (primary N) is 1. The number of aliphatic hydroxyl groups is 1. The molecule has 1 aromatic carbocycles. The molecule has 4 nitrogen and oxygen atoms in total. The molecule has 2 rings (SSSR count). The minimum atomic E-state index is -0.609. The fourth-order valence-electron chi connectivity index (χ4n) is 2.78. The highest BCUT2D eigenvalue weighted by Crippen LogP contribution is 2.30. The summed E-state index contributed by atoms with van der Waals surface area (Å²) in [6, 6.07) is 5.52. The van der Waals surface area contributed by atoms with Crippen molar-refractivity contribution in [1.82, 2.24) is 4.90 Å². The van der Waals surface area contributed by atoms with Gasteiger partial charge in [0.05, 0.1) is 12.1 Å². The van der Waals surface area contributed by atoms with Crippen LogP contribution in [0.25, 0.3) is 0 Å². The molecule has 1 fully saturated rings. The van der Waals surface area contributed by atoms with Crippen LogP contribution in [0.5, 0.6) is 0 Å². The van der Waals surface area contributed by atoms with Crippen molar-refractivity contribution in [2.75, 3.05) is 13.1 Å². The highest BCUT2D eigenvalue weighted by molar-refractivity contribution is 5.81. The normalized spacial score (nSPS) is 19.3. The summed E-state index contributed by atoms with van der Waals surface area (Å²) in [6.45, 7) is 3.14. The van der Waals surface area contributed by atoms with Crippen molar-refractivity contribution in [2.45, 2.75) is 38.3 Å². The third-order valence-corrected chi connectivity index (χ3v) is 4.27. The summed E-state index contributed by atoms with van der Waals surface area (Å²) in [5.41, 5.74) is 6.50. The van der Waals surface area contributed by atoms with E-state index in [-0.39, 0.29) is 17.6 Å². The van der Waals surface area contributed by atoms with E-state index in [9.17, 15) is 14.3 Å². The second-order valence-corrected chi connectivity index (χ2v) is 5.67. The van der Waals surface area contributed by atoms with Crippen LogP contribution in [0.15, 0.2) is 24.3 Å². The lowest BCUT2D eigenvalue weighted by Gasteiger charge is -2.35. The van der Waals surface area contributed by atoms with Gasteiger partial charge in [0.25, 0.3) is 0 Å². The second-order valence-electron chi connectivity index (χ2n) is 5.67. The number of aliphatic hydroxyl groups excluding tert-OH is 1. The molecule has 116 valence electrons. The Morgan fingerprint density at radius 2 is 1.95 bits per heavy atom. The van der Waals surface area contributed by atoms with E-state index in [2.05, 4.69) is 0 Å². The number of carbonyl (C=O) groups excluding carboxylic acids is 1. The van der Waals surface area contributed by atoms with Gasteiger partial charge >= 0.3 is 0 Å². The van der Waals surface area contributed by atoms with Crippen LogP contribution in [0.1, 0.15) is 37.9 Å². The van der Waals surface area contributed by atoms with Crippen LogP contribution in [-0.4, -0.2) is 35.0 Å². The highest BCUT2D eigenvalue weighted by Gasteiger charge is 2.29. The molecule has 2 atom stereocenters. The summed E-state index contributed by atoms with van der Waals surface area (Å²) >= 11 is 0. The smallest absolute Gasteiger partial charge is 0.239 e. The molecule has 5 heteroatoms. The van der Waals surface area contributed by atoms with Gasteiger partial charge in [-0.1, -0.05) is 19.1 Å². The summed E-state index contributed by atoms with van der Waals surface area (Å²) in [6.07, 6.45) is 1.50. The Balaban J connectivity index is 1.91. The fraction of sp³-hybridized carbons (Fsp3) is 0.562. The molecule has 1 heterocycles. The summed E-state index contributed by atoms with van der Waals surface area (Å²) in [4.78, 5) is 13.8. The van der Waals surface area contributed by atoms with Crippen molar-refractivity contribution >= 4 is 5.91 Å². The number of rotatable bonds is 4. The zero-order valence-corrected chi connectivity index (χ0v) is 12.3. The van der Waals surface area contributed by atoms with Crippen LogP contribution >= 0.6 is 0 Å². The van der Waals surface area contributed by atoms with Crippen molar-refractivity contribution < 1.29 is 14.3 Å². The van der Waals surface area contributed by atoms with Gasteiger partial charge in [-0.2, -0.15) is 0 Å². The van der Waals surface area contributed by atoms with Gasteiger partial charge in [-0.3, -0.25) is 4.79 Å². The average Bonchev–Trinajstić information content (AvgIpc) is 2.53. The van der Waals surface area contributed by atoms with E-state index in [4.69, 9.17) is 5.73 Å². The molecule has 0 radical (unpaired) electrons. The Morgan fingerprint density at radius 1 is 1.38 bits per heavy atom. The first-order valence-corrected chi connectivity index (χ1v) is 7.50. The van der Waals surface area contributed by atoms with E-state index < -0.39 is 12.1 Å². The van der Waals surface area contributed by atoms with E-state index in [1.54, 1.807) is 17.0 Å². The lowest BCUT2D eigenvalue weighted by Crippen LogP contribution is -2.47. The number of halogens is 1. The molecule has 0 unspecified atom stereocenters. The Hall–Kier alpha value is -1.46. The Labute approximate surface area is 124 Å². The largest absolute Gasteiger partial charge is 0.388 e. The minimum absolute atomic E-state index is 0.00720. The molecule has 1 aliphatic heterocycles. The Bertz CT molecular complexity index is 470. The van der Waals surface area contributed by atoms with Gasteiger partial charge in [0.15, 0.2) is 0 Å². The van der Waals surface area contributed by atoms with Crippen molar-refractivity contribution in [1.29, 1.82) is 0 Å². The average molecular weight is 294 g/mol. The van der Waals surface area contributed by atoms with Crippen LogP contribution in [0, 0.1) is 11.7 Å². The van der Waals surface area contributed by atoms with Crippen LogP contribution in [-0.2, 0) is 4.79 Å². The quantitative estimate of drug-likeness (QED) is 0.890. The molecule has 0 bridgehead atoms. The van der Waals surface area contributed by atoms with Gasteiger partial charge in [0.1, 0.15) is 5.82 Å². The molecule has 1 saturated heterocycles. The molecule has 1 aliphatic rings. The van der Waals surface area contributed by atoms with E-state index in [0.717, 1.165) is 18.4 Å². The molecule has 0 aliphatic carbocycles. The number of carbonyl (C=O) groups is 1. The zero-order chi connectivity index (χ0) is 15.4. The number of amides is 1. The summed E-state index contributed by atoms with van der Waals surface area (Å²) < 4.78 is 12.9. The van der Waals surface area contributed by atoms with Gasteiger partial charge in [0, 0.05) is 13.1 Å². The van der Waals surface area contributed by atoms with Crippen molar-refractivity contribution in [3.05, 3.63) is 35.6 Å². The van der Waals surface area contributed by atoms with Gasteiger partial charge in [-0.15, -0.1) is 0 Å². The van der Waals surface area contributed by atoms with Crippen molar-refractivity contribution in [2.24, 2.45) is 11.7 Å². The molecule has 3 N–H and O–H groups in total. The molecular weight excluding hydrogens is 271 g/mol.